The van der Waals surface area contributed by atoms with Gasteiger partial charge < -0.3 is 25.2 Å². The molecule has 3 amide bonds. The molecule has 2 aromatic rings. The number of nitrogens with one attached hydrogen (secondary N) is 2. The first-order valence-electron chi connectivity index (χ1n) is 12.3. The predicted octanol–water partition coefficient (Wildman–Crippen LogP) is -1.54. The first kappa shape index (κ1) is 27.4. The number of aliphatic hydroxyl groups is 2. The Morgan fingerprint density at radius 3 is 2.49 bits per heavy atom. The SMILES string of the molecule is [B]C1(O)C(=O)NC(=O)C([B])(N2Cc3c(NCc4cc(CN5CCOCC5)ccc4F)cccc3C2=O)C1([B])O. The second-order valence-corrected chi connectivity index (χ2v) is 9.97. The third-order valence-corrected chi connectivity index (χ3v) is 7.56. The number of ether oxygens (including phenoxy) is 1. The van der Waals surface area contributed by atoms with Crippen LogP contribution < -0.4 is 10.6 Å². The van der Waals surface area contributed by atoms with Gasteiger partial charge in [0.2, 0.25) is 5.91 Å². The third-order valence-electron chi connectivity index (χ3n) is 7.56. The topological polar surface area (TPSA) is 131 Å². The van der Waals surface area contributed by atoms with Gasteiger partial charge in [0.05, 0.1) is 18.7 Å². The minimum atomic E-state index is -3.24. The summed E-state index contributed by atoms with van der Waals surface area (Å²) in [4.78, 5) is 41.1. The highest BCUT2D eigenvalue weighted by atomic mass is 19.1. The number of rotatable bonds is 6. The number of imide groups is 1. The maximum Gasteiger partial charge on any atom is 0.254 e. The van der Waals surface area contributed by atoms with Crippen molar-refractivity contribution in [1.82, 2.24) is 15.1 Å². The van der Waals surface area contributed by atoms with E-state index in [0.29, 0.717) is 36.6 Å². The van der Waals surface area contributed by atoms with Gasteiger partial charge in [-0.3, -0.25) is 24.6 Å². The average Bonchev–Trinajstić information content (AvgIpc) is 3.25. The van der Waals surface area contributed by atoms with Crippen molar-refractivity contribution in [3.05, 3.63) is 64.5 Å². The highest BCUT2D eigenvalue weighted by Crippen LogP contribution is 2.41. The minimum Gasteiger partial charge on any atom is -0.395 e. The lowest BCUT2D eigenvalue weighted by Crippen LogP contribution is -2.86. The number of nitrogens with zero attached hydrogens (tertiary/aromatic N) is 2. The van der Waals surface area contributed by atoms with E-state index < -0.39 is 40.0 Å². The number of benzene rings is 2. The molecular weight excluding hydrogens is 504 g/mol. The summed E-state index contributed by atoms with van der Waals surface area (Å²) in [5.74, 6) is -3.98. The molecule has 3 atom stereocenters. The van der Waals surface area contributed by atoms with Crippen molar-refractivity contribution in [2.75, 3.05) is 31.6 Å². The van der Waals surface area contributed by atoms with Crippen LogP contribution in [0.2, 0.25) is 0 Å². The van der Waals surface area contributed by atoms with Crippen molar-refractivity contribution >= 4 is 46.9 Å². The molecule has 10 nitrogen and oxygen atoms in total. The van der Waals surface area contributed by atoms with Crippen molar-refractivity contribution in [2.45, 2.75) is 36.1 Å². The molecule has 4 N–H and O–H groups in total. The van der Waals surface area contributed by atoms with Crippen LogP contribution >= 0.6 is 0 Å². The van der Waals surface area contributed by atoms with E-state index >= 15 is 0 Å². The lowest BCUT2D eigenvalue weighted by molar-refractivity contribution is -0.172. The van der Waals surface area contributed by atoms with Gasteiger partial charge in [-0.1, -0.05) is 12.1 Å². The highest BCUT2D eigenvalue weighted by Gasteiger charge is 2.67. The van der Waals surface area contributed by atoms with Crippen LogP contribution in [0, 0.1) is 5.82 Å². The van der Waals surface area contributed by atoms with Crippen LogP contribution in [0.1, 0.15) is 27.0 Å². The Morgan fingerprint density at radius 2 is 1.77 bits per heavy atom. The second-order valence-electron chi connectivity index (χ2n) is 9.97. The van der Waals surface area contributed by atoms with Crippen LogP contribution in [-0.4, -0.2) is 104 Å². The molecule has 14 heteroatoms. The lowest BCUT2D eigenvalue weighted by Gasteiger charge is -2.56. The fourth-order valence-electron chi connectivity index (χ4n) is 5.11. The number of piperidine rings is 1. The Balaban J connectivity index is 1.38. The summed E-state index contributed by atoms with van der Waals surface area (Å²) < 4.78 is 20.0. The molecule has 3 aliphatic rings. The van der Waals surface area contributed by atoms with Gasteiger partial charge in [0.25, 0.3) is 11.8 Å². The van der Waals surface area contributed by atoms with E-state index in [4.69, 9.17) is 28.3 Å². The van der Waals surface area contributed by atoms with Crippen molar-refractivity contribution in [3.63, 3.8) is 0 Å². The summed E-state index contributed by atoms with van der Waals surface area (Å²) >= 11 is 0. The Bertz CT molecular complexity index is 1350. The Morgan fingerprint density at radius 1 is 1.05 bits per heavy atom. The number of carbonyl (C=O) groups excluding carboxylic acids is 3. The molecule has 39 heavy (non-hydrogen) atoms. The molecule has 0 aromatic heterocycles. The molecule has 0 spiro atoms. The van der Waals surface area contributed by atoms with E-state index in [1.807, 2.05) is 0 Å². The van der Waals surface area contributed by atoms with Gasteiger partial charge in [-0.2, -0.15) is 0 Å². The number of fused-ring (bicyclic) bond motifs is 1. The molecule has 2 aromatic carbocycles. The fourth-order valence-corrected chi connectivity index (χ4v) is 5.11. The summed E-state index contributed by atoms with van der Waals surface area (Å²) in [7, 11) is 17.5. The van der Waals surface area contributed by atoms with Gasteiger partial charge in [0, 0.05) is 55.1 Å². The Kier molecular flexibility index (Phi) is 6.86. The Hall–Kier alpha value is -3.19. The second kappa shape index (κ2) is 9.78. The molecule has 2 fully saturated rings. The smallest absolute Gasteiger partial charge is 0.254 e. The molecule has 0 saturated carbocycles. The molecule has 3 unspecified atom stereocenters. The van der Waals surface area contributed by atoms with Gasteiger partial charge in [-0.25, -0.2) is 4.39 Å². The van der Waals surface area contributed by atoms with Gasteiger partial charge in [0.15, 0.2) is 0 Å². The minimum absolute atomic E-state index is 0.0829. The molecule has 196 valence electrons. The first-order chi connectivity index (χ1) is 18.4. The summed E-state index contributed by atoms with van der Waals surface area (Å²) in [6, 6.07) is 9.63. The van der Waals surface area contributed by atoms with Crippen LogP contribution in [0.5, 0.6) is 0 Å². The summed E-state index contributed by atoms with van der Waals surface area (Å²) in [5.41, 5.74) is -6.92. The van der Waals surface area contributed by atoms with E-state index in [1.54, 1.807) is 29.6 Å². The molecule has 3 aliphatic heterocycles. The van der Waals surface area contributed by atoms with E-state index in [1.165, 1.54) is 12.1 Å². The van der Waals surface area contributed by atoms with Crippen LogP contribution in [0.3, 0.4) is 0 Å². The Labute approximate surface area is 228 Å². The number of amides is 3. The van der Waals surface area contributed by atoms with Gasteiger partial charge in [-0.05, 0) is 29.8 Å². The predicted molar refractivity (Wildman–Crippen MR) is 139 cm³/mol. The van der Waals surface area contributed by atoms with Crippen molar-refractivity contribution in [1.29, 1.82) is 0 Å². The normalized spacial score (nSPS) is 29.3. The third kappa shape index (κ3) is 4.35. The summed E-state index contributed by atoms with van der Waals surface area (Å²) in [6.45, 7) is 3.29. The van der Waals surface area contributed by atoms with Gasteiger partial charge in [0.1, 0.15) is 40.3 Å². The highest BCUT2D eigenvalue weighted by molar-refractivity contribution is 6.46. The van der Waals surface area contributed by atoms with Crippen LogP contribution in [0.4, 0.5) is 10.1 Å². The fraction of sp³-hybridized carbons (Fsp3) is 0.400. The molecule has 6 radical (unpaired) electrons. The number of carbonyl (C=O) groups is 3. The summed E-state index contributed by atoms with van der Waals surface area (Å²) in [6.07, 6.45) is 0. The number of morpholine rings is 1. The van der Waals surface area contributed by atoms with E-state index in [0.717, 1.165) is 23.6 Å². The quantitative estimate of drug-likeness (QED) is 0.263. The molecular formula is C25H24B3FN4O6. The van der Waals surface area contributed by atoms with Gasteiger partial charge >= 0.3 is 0 Å². The van der Waals surface area contributed by atoms with Crippen LogP contribution in [0.25, 0.3) is 0 Å². The molecule has 3 heterocycles. The van der Waals surface area contributed by atoms with E-state index in [2.05, 4.69) is 10.2 Å². The number of hydrogen-bond donors (Lipinski definition) is 4. The van der Waals surface area contributed by atoms with Crippen molar-refractivity contribution in [2.24, 2.45) is 0 Å². The lowest BCUT2D eigenvalue weighted by atomic mass is 9.43. The van der Waals surface area contributed by atoms with Crippen molar-refractivity contribution < 1.29 is 33.7 Å². The number of halogens is 1. The monoisotopic (exact) mass is 528 g/mol. The first-order valence-corrected chi connectivity index (χ1v) is 12.3. The van der Waals surface area contributed by atoms with Gasteiger partial charge in [-0.15, -0.1) is 0 Å². The molecule has 0 aliphatic carbocycles. The zero-order chi connectivity index (χ0) is 28.2. The number of anilines is 1. The summed E-state index contributed by atoms with van der Waals surface area (Å²) in [5, 5.41) is 26.1. The van der Waals surface area contributed by atoms with Crippen molar-refractivity contribution in [3.8, 4) is 0 Å². The maximum atomic E-state index is 14.7. The van der Waals surface area contributed by atoms with Crippen LogP contribution in [0.15, 0.2) is 36.4 Å². The number of hydrogen-bond acceptors (Lipinski definition) is 8. The zero-order valence-electron chi connectivity index (χ0n) is 20.9. The zero-order valence-corrected chi connectivity index (χ0v) is 20.9. The largest absolute Gasteiger partial charge is 0.395 e. The maximum absolute atomic E-state index is 14.7. The molecule has 0 bridgehead atoms. The van der Waals surface area contributed by atoms with E-state index in [-0.39, 0.29) is 18.7 Å². The molecule has 5 rings (SSSR count). The standard InChI is InChI=1S/C25H24B3FN4O6/c26-23(21(35)31-22(36)24(27,37)25(23,28)38)33-13-17-16(20(33)34)2-1-3-19(17)30-11-15-10-14(4-5-18(15)29)12-32-6-8-39-9-7-32/h1-5,10,30,37-38H,6-9,11-13H2,(H,31,35,36). The molecule has 2 saturated heterocycles. The van der Waals surface area contributed by atoms with Crippen LogP contribution in [-0.2, 0) is 34.0 Å². The van der Waals surface area contributed by atoms with E-state index in [9.17, 15) is 29.0 Å². The average molecular weight is 528 g/mol.